The molecule has 0 spiro atoms. The lowest BCUT2D eigenvalue weighted by molar-refractivity contribution is 0.187. The Kier molecular flexibility index (Phi) is 10.2. The van der Waals surface area contributed by atoms with Gasteiger partial charge in [-0.25, -0.2) is 0 Å². The van der Waals surface area contributed by atoms with Crippen molar-refractivity contribution in [2.24, 2.45) is 5.16 Å². The molecule has 1 aromatic rings. The van der Waals surface area contributed by atoms with E-state index < -0.39 is 0 Å². The molecular weight excluding hydrogens is 412 g/mol. The number of ether oxygens (including phenoxy) is 3. The monoisotopic (exact) mass is 429 g/mol. The Labute approximate surface area is 167 Å². The zero-order valence-electron chi connectivity index (χ0n) is 13.8. The van der Waals surface area contributed by atoms with Gasteiger partial charge in [-0.1, -0.05) is 51.6 Å². The Balaban J connectivity index is 2.56. The molecule has 0 aliphatic heterocycles. The summed E-state index contributed by atoms with van der Waals surface area (Å²) in [5.74, 6) is 1.09. The molecule has 0 bridgehead atoms. The number of rotatable bonds is 9. The fraction of sp³-hybridized carbons (Fsp3) is 0.438. The maximum atomic E-state index is 8.49. The zero-order chi connectivity index (χ0) is 18.8. The highest BCUT2D eigenvalue weighted by molar-refractivity contribution is 6.55. The van der Waals surface area contributed by atoms with Crippen molar-refractivity contribution in [1.29, 1.82) is 0 Å². The van der Waals surface area contributed by atoms with Crippen LogP contribution in [0.15, 0.2) is 27.9 Å². The fourth-order valence-corrected chi connectivity index (χ4v) is 2.50. The second-order valence-electron chi connectivity index (χ2n) is 5.06. The number of hydrogen-bond acceptors (Lipinski definition) is 5. The van der Waals surface area contributed by atoms with E-state index in [0.29, 0.717) is 34.6 Å². The molecule has 0 heterocycles. The molecule has 9 heteroatoms. The number of oxime groups is 1. The Bertz CT molecular complexity index is 595. The van der Waals surface area contributed by atoms with Crippen LogP contribution in [0, 0.1) is 0 Å². The SMILES string of the molecule is CC(=NO)OCCCC(C)Oc1c(Cl)cc(OCC=C(Cl)Cl)cc1Cl. The van der Waals surface area contributed by atoms with Gasteiger partial charge in [-0.15, -0.1) is 0 Å². The van der Waals surface area contributed by atoms with E-state index in [4.69, 9.17) is 65.8 Å². The molecule has 5 nitrogen and oxygen atoms in total. The smallest absolute Gasteiger partial charge is 0.222 e. The van der Waals surface area contributed by atoms with E-state index in [1.54, 1.807) is 19.1 Å². The minimum absolute atomic E-state index is 0.121. The van der Waals surface area contributed by atoms with Gasteiger partial charge in [-0.3, -0.25) is 0 Å². The average molecular weight is 431 g/mol. The summed E-state index contributed by atoms with van der Waals surface area (Å²) in [4.78, 5) is 0. The van der Waals surface area contributed by atoms with Crippen molar-refractivity contribution in [3.8, 4) is 11.5 Å². The van der Waals surface area contributed by atoms with Crippen LogP contribution < -0.4 is 9.47 Å². The first-order valence-electron chi connectivity index (χ1n) is 7.44. The summed E-state index contributed by atoms with van der Waals surface area (Å²) in [5.41, 5.74) is 0. The summed E-state index contributed by atoms with van der Waals surface area (Å²) in [7, 11) is 0. The summed E-state index contributed by atoms with van der Waals surface area (Å²) >= 11 is 23.5. The number of halogens is 4. The number of nitrogens with zero attached hydrogens (tertiary/aromatic N) is 1. The maximum Gasteiger partial charge on any atom is 0.222 e. The first kappa shape index (κ1) is 22.0. The van der Waals surface area contributed by atoms with Gasteiger partial charge in [0.2, 0.25) is 5.90 Å². The van der Waals surface area contributed by atoms with E-state index in [-0.39, 0.29) is 23.1 Å². The zero-order valence-corrected chi connectivity index (χ0v) is 16.8. The first-order chi connectivity index (χ1) is 11.8. The third-order valence-electron chi connectivity index (χ3n) is 2.99. The predicted molar refractivity (Wildman–Crippen MR) is 102 cm³/mol. The third-order valence-corrected chi connectivity index (χ3v) is 3.86. The Hall–Kier alpha value is -1.01. The van der Waals surface area contributed by atoms with Crippen molar-refractivity contribution >= 4 is 52.3 Å². The van der Waals surface area contributed by atoms with E-state index >= 15 is 0 Å². The number of benzene rings is 1. The summed E-state index contributed by atoms with van der Waals surface area (Å²) in [5, 5.41) is 12.1. The van der Waals surface area contributed by atoms with E-state index in [9.17, 15) is 0 Å². The normalized spacial score (nSPS) is 12.5. The predicted octanol–water partition coefficient (Wildman–Crippen LogP) is 6.06. The van der Waals surface area contributed by atoms with Crippen LogP contribution in [0.5, 0.6) is 11.5 Å². The highest BCUT2D eigenvalue weighted by Crippen LogP contribution is 2.37. The van der Waals surface area contributed by atoms with Crippen LogP contribution in [0.4, 0.5) is 0 Å². The lowest BCUT2D eigenvalue weighted by atomic mass is 10.2. The van der Waals surface area contributed by atoms with Gasteiger partial charge in [0.15, 0.2) is 5.75 Å². The average Bonchev–Trinajstić information content (AvgIpc) is 2.54. The molecular formula is C16H19Cl4NO4. The van der Waals surface area contributed by atoms with Gasteiger partial charge in [-0.05, 0) is 25.8 Å². The van der Waals surface area contributed by atoms with Crippen LogP contribution >= 0.6 is 46.4 Å². The molecule has 1 N–H and O–H groups in total. The van der Waals surface area contributed by atoms with Gasteiger partial charge in [-0.2, -0.15) is 0 Å². The van der Waals surface area contributed by atoms with Gasteiger partial charge in [0.25, 0.3) is 0 Å². The maximum absolute atomic E-state index is 8.49. The summed E-state index contributed by atoms with van der Waals surface area (Å²) in [6.07, 6.45) is 2.80. The van der Waals surface area contributed by atoms with Gasteiger partial charge < -0.3 is 19.4 Å². The molecule has 1 rings (SSSR count). The van der Waals surface area contributed by atoms with E-state index in [0.717, 1.165) is 6.42 Å². The van der Waals surface area contributed by atoms with Crippen molar-refractivity contribution in [2.45, 2.75) is 32.8 Å². The minimum atomic E-state index is -0.130. The molecule has 1 aromatic carbocycles. The second-order valence-corrected chi connectivity index (χ2v) is 6.88. The van der Waals surface area contributed by atoms with Crippen molar-refractivity contribution in [2.75, 3.05) is 13.2 Å². The molecule has 140 valence electrons. The van der Waals surface area contributed by atoms with Crippen LogP contribution in [0.3, 0.4) is 0 Å². The highest BCUT2D eigenvalue weighted by Gasteiger charge is 2.14. The second kappa shape index (κ2) is 11.6. The molecule has 0 amide bonds. The van der Waals surface area contributed by atoms with Crippen molar-refractivity contribution in [3.05, 3.63) is 32.7 Å². The molecule has 0 saturated heterocycles. The van der Waals surface area contributed by atoms with Crippen molar-refractivity contribution in [3.63, 3.8) is 0 Å². The summed E-state index contributed by atoms with van der Waals surface area (Å²) in [6.45, 7) is 4.09. The Morgan fingerprint density at radius 2 is 1.92 bits per heavy atom. The number of hydrogen-bond donors (Lipinski definition) is 1. The molecule has 0 radical (unpaired) electrons. The molecule has 1 unspecified atom stereocenters. The molecule has 0 saturated carbocycles. The topological polar surface area (TPSA) is 60.3 Å². The summed E-state index contributed by atoms with van der Waals surface area (Å²) < 4.78 is 16.5. The fourth-order valence-electron chi connectivity index (χ4n) is 1.81. The largest absolute Gasteiger partial charge is 0.489 e. The highest BCUT2D eigenvalue weighted by atomic mass is 35.5. The van der Waals surface area contributed by atoms with Crippen molar-refractivity contribution in [1.82, 2.24) is 0 Å². The molecule has 0 fully saturated rings. The Morgan fingerprint density at radius 3 is 2.48 bits per heavy atom. The molecule has 25 heavy (non-hydrogen) atoms. The van der Waals surface area contributed by atoms with Gasteiger partial charge in [0.1, 0.15) is 16.8 Å². The van der Waals surface area contributed by atoms with Gasteiger partial charge in [0, 0.05) is 19.1 Å². The standard InChI is InChI=1S/C16H19Cl4NO4/c1-10(4-3-6-23-11(2)21-22)25-16-13(17)8-12(9-14(16)18)24-7-5-15(19)20/h5,8-10,22H,3-4,6-7H2,1-2H3. The van der Waals surface area contributed by atoms with Crippen LogP contribution in [0.1, 0.15) is 26.7 Å². The Morgan fingerprint density at radius 1 is 1.28 bits per heavy atom. The molecule has 0 aliphatic carbocycles. The van der Waals surface area contributed by atoms with Gasteiger partial charge in [0.05, 0.1) is 22.8 Å². The van der Waals surface area contributed by atoms with E-state index in [1.165, 1.54) is 6.08 Å². The van der Waals surface area contributed by atoms with Crippen LogP contribution in [-0.2, 0) is 4.74 Å². The minimum Gasteiger partial charge on any atom is -0.489 e. The first-order valence-corrected chi connectivity index (χ1v) is 8.95. The molecule has 0 aliphatic rings. The third kappa shape index (κ3) is 8.77. The van der Waals surface area contributed by atoms with E-state index in [2.05, 4.69) is 5.16 Å². The van der Waals surface area contributed by atoms with E-state index in [1.807, 2.05) is 6.92 Å². The lowest BCUT2D eigenvalue weighted by Crippen LogP contribution is -2.14. The van der Waals surface area contributed by atoms with Crippen LogP contribution in [0.2, 0.25) is 10.0 Å². The van der Waals surface area contributed by atoms with Crippen LogP contribution in [0.25, 0.3) is 0 Å². The van der Waals surface area contributed by atoms with Crippen molar-refractivity contribution < 1.29 is 19.4 Å². The lowest BCUT2D eigenvalue weighted by Gasteiger charge is -2.17. The van der Waals surface area contributed by atoms with Gasteiger partial charge >= 0.3 is 0 Å². The molecule has 1 atom stereocenters. The summed E-state index contributed by atoms with van der Waals surface area (Å²) in [6, 6.07) is 3.21. The quantitative estimate of drug-likeness (QED) is 0.170. The molecule has 0 aromatic heterocycles. The van der Waals surface area contributed by atoms with Crippen LogP contribution in [-0.4, -0.2) is 30.4 Å².